The maximum absolute atomic E-state index is 12.1. The highest BCUT2D eigenvalue weighted by atomic mass is 16.5. The van der Waals surface area contributed by atoms with Gasteiger partial charge in [-0.1, -0.05) is 31.5 Å². The number of ether oxygens (including phenoxy) is 1. The minimum Gasteiger partial charge on any atom is -0.492 e. The fourth-order valence-electron chi connectivity index (χ4n) is 1.87. The first-order chi connectivity index (χ1) is 9.54. The molecule has 0 aliphatic heterocycles. The Morgan fingerprint density at radius 2 is 2.00 bits per heavy atom. The van der Waals surface area contributed by atoms with Crippen molar-refractivity contribution in [3.63, 3.8) is 0 Å². The molecule has 0 saturated carbocycles. The number of rotatable bonds is 8. The van der Waals surface area contributed by atoms with Gasteiger partial charge in [-0.15, -0.1) is 0 Å². The van der Waals surface area contributed by atoms with Gasteiger partial charge in [0.05, 0.1) is 6.54 Å². The summed E-state index contributed by atoms with van der Waals surface area (Å²) in [6.45, 7) is 8.75. The summed E-state index contributed by atoms with van der Waals surface area (Å²) in [7, 11) is 1.82. The Labute approximate surface area is 122 Å². The van der Waals surface area contributed by atoms with Gasteiger partial charge in [0.25, 0.3) is 0 Å². The number of nitrogens with zero attached hydrogens (tertiary/aromatic N) is 1. The van der Waals surface area contributed by atoms with E-state index in [0.717, 1.165) is 18.8 Å². The first-order valence-corrected chi connectivity index (χ1v) is 7.19. The maximum atomic E-state index is 12.1. The van der Waals surface area contributed by atoms with Crippen LogP contribution in [0.1, 0.15) is 19.4 Å². The Morgan fingerprint density at radius 3 is 2.60 bits per heavy atom. The summed E-state index contributed by atoms with van der Waals surface area (Å²) in [5, 5.41) is 3.19. The molecule has 20 heavy (non-hydrogen) atoms. The van der Waals surface area contributed by atoms with E-state index in [0.29, 0.717) is 13.2 Å². The van der Waals surface area contributed by atoms with Gasteiger partial charge in [0, 0.05) is 19.5 Å². The minimum atomic E-state index is -0.000625. The van der Waals surface area contributed by atoms with E-state index in [1.165, 1.54) is 5.56 Å². The number of benzene rings is 1. The molecule has 0 radical (unpaired) electrons. The van der Waals surface area contributed by atoms with E-state index in [1.807, 2.05) is 52.1 Å². The molecule has 1 rings (SSSR count). The molecule has 0 spiro atoms. The lowest BCUT2D eigenvalue weighted by Gasteiger charge is -2.21. The fourth-order valence-corrected chi connectivity index (χ4v) is 1.87. The van der Waals surface area contributed by atoms with E-state index in [2.05, 4.69) is 5.32 Å². The van der Waals surface area contributed by atoms with E-state index >= 15 is 0 Å². The first-order valence-electron chi connectivity index (χ1n) is 7.19. The SMILES string of the molecule is CCNCC(C)C(=O)N(C)CCOc1ccc(C)cc1. The highest BCUT2D eigenvalue weighted by Crippen LogP contribution is 2.11. The standard InChI is InChI=1S/C16H26N2O2/c1-5-17-12-14(3)16(19)18(4)10-11-20-15-8-6-13(2)7-9-15/h6-9,14,17H,5,10-12H2,1-4H3. The van der Waals surface area contributed by atoms with Crippen LogP contribution in [0.4, 0.5) is 0 Å². The molecule has 0 heterocycles. The summed E-state index contributed by atoms with van der Waals surface area (Å²) < 4.78 is 5.63. The molecule has 112 valence electrons. The smallest absolute Gasteiger partial charge is 0.226 e. The average Bonchev–Trinajstić information content (AvgIpc) is 2.45. The molecule has 4 nitrogen and oxygen atoms in total. The van der Waals surface area contributed by atoms with Gasteiger partial charge in [-0.25, -0.2) is 0 Å². The van der Waals surface area contributed by atoms with Crippen molar-refractivity contribution in [1.29, 1.82) is 0 Å². The van der Waals surface area contributed by atoms with E-state index < -0.39 is 0 Å². The lowest BCUT2D eigenvalue weighted by Crippen LogP contribution is -2.38. The average molecular weight is 278 g/mol. The summed E-state index contributed by atoms with van der Waals surface area (Å²) in [6.07, 6.45) is 0. The Hall–Kier alpha value is -1.55. The molecule has 0 bridgehead atoms. The highest BCUT2D eigenvalue weighted by Gasteiger charge is 2.16. The molecule has 1 atom stereocenters. The van der Waals surface area contributed by atoms with Crippen LogP contribution >= 0.6 is 0 Å². The highest BCUT2D eigenvalue weighted by molar-refractivity contribution is 5.78. The van der Waals surface area contributed by atoms with Crippen molar-refractivity contribution in [1.82, 2.24) is 10.2 Å². The predicted molar refractivity (Wildman–Crippen MR) is 82.0 cm³/mol. The molecule has 4 heteroatoms. The van der Waals surface area contributed by atoms with Crippen molar-refractivity contribution in [2.75, 3.05) is 33.3 Å². The van der Waals surface area contributed by atoms with Crippen LogP contribution in [-0.2, 0) is 4.79 Å². The molecule has 1 N–H and O–H groups in total. The number of nitrogens with one attached hydrogen (secondary N) is 1. The largest absolute Gasteiger partial charge is 0.492 e. The lowest BCUT2D eigenvalue weighted by atomic mass is 10.1. The normalized spacial score (nSPS) is 12.0. The van der Waals surface area contributed by atoms with Gasteiger partial charge in [0.15, 0.2) is 0 Å². The third kappa shape index (κ3) is 5.61. The minimum absolute atomic E-state index is 0.000625. The Balaban J connectivity index is 2.30. The number of carbonyl (C=O) groups is 1. The Bertz CT molecular complexity index is 403. The van der Waals surface area contributed by atoms with Crippen LogP contribution in [0.25, 0.3) is 0 Å². The van der Waals surface area contributed by atoms with Crippen molar-refractivity contribution >= 4 is 5.91 Å². The zero-order chi connectivity index (χ0) is 15.0. The van der Waals surface area contributed by atoms with Crippen LogP contribution in [0.3, 0.4) is 0 Å². The number of likely N-dealkylation sites (N-methyl/N-ethyl adjacent to an activating group) is 1. The molecule has 0 fully saturated rings. The second kappa shape index (κ2) is 8.59. The predicted octanol–water partition coefficient (Wildman–Crippen LogP) is 2.08. The Kier molecular flexibility index (Phi) is 7.09. The molecule has 1 amide bonds. The summed E-state index contributed by atoms with van der Waals surface area (Å²) in [4.78, 5) is 13.8. The van der Waals surface area contributed by atoms with E-state index in [9.17, 15) is 4.79 Å². The summed E-state index contributed by atoms with van der Waals surface area (Å²) in [5.41, 5.74) is 1.21. The van der Waals surface area contributed by atoms with Crippen LogP contribution in [-0.4, -0.2) is 44.1 Å². The number of amides is 1. The molecule has 1 unspecified atom stereocenters. The maximum Gasteiger partial charge on any atom is 0.226 e. The summed E-state index contributed by atoms with van der Waals surface area (Å²) >= 11 is 0. The molecule has 1 aromatic carbocycles. The fraction of sp³-hybridized carbons (Fsp3) is 0.562. The molecule has 0 saturated heterocycles. The van der Waals surface area contributed by atoms with E-state index in [4.69, 9.17) is 4.74 Å². The molecular formula is C16H26N2O2. The number of hydrogen-bond acceptors (Lipinski definition) is 3. The van der Waals surface area contributed by atoms with Gasteiger partial charge in [-0.05, 0) is 25.6 Å². The molecular weight excluding hydrogens is 252 g/mol. The third-order valence-corrected chi connectivity index (χ3v) is 3.21. The number of hydrogen-bond donors (Lipinski definition) is 1. The van der Waals surface area contributed by atoms with Crippen LogP contribution in [0.2, 0.25) is 0 Å². The topological polar surface area (TPSA) is 41.6 Å². The van der Waals surface area contributed by atoms with Gasteiger partial charge in [-0.3, -0.25) is 4.79 Å². The number of carbonyl (C=O) groups excluding carboxylic acids is 1. The van der Waals surface area contributed by atoms with Gasteiger partial charge in [0.2, 0.25) is 5.91 Å². The van der Waals surface area contributed by atoms with Gasteiger partial charge in [0.1, 0.15) is 12.4 Å². The Morgan fingerprint density at radius 1 is 1.35 bits per heavy atom. The van der Waals surface area contributed by atoms with Crippen LogP contribution in [0.5, 0.6) is 5.75 Å². The second-order valence-electron chi connectivity index (χ2n) is 5.13. The van der Waals surface area contributed by atoms with Crippen molar-refractivity contribution in [2.45, 2.75) is 20.8 Å². The monoisotopic (exact) mass is 278 g/mol. The van der Waals surface area contributed by atoms with Gasteiger partial charge >= 0.3 is 0 Å². The molecule has 1 aromatic rings. The van der Waals surface area contributed by atoms with Crippen LogP contribution in [0, 0.1) is 12.8 Å². The molecule has 0 aliphatic carbocycles. The van der Waals surface area contributed by atoms with Crippen molar-refractivity contribution in [3.8, 4) is 5.75 Å². The van der Waals surface area contributed by atoms with Gasteiger partial charge < -0.3 is 15.0 Å². The third-order valence-electron chi connectivity index (χ3n) is 3.21. The quantitative estimate of drug-likeness (QED) is 0.791. The zero-order valence-corrected chi connectivity index (χ0v) is 13.0. The van der Waals surface area contributed by atoms with Crippen LogP contribution < -0.4 is 10.1 Å². The molecule has 0 aliphatic rings. The molecule has 0 aromatic heterocycles. The second-order valence-corrected chi connectivity index (χ2v) is 5.13. The zero-order valence-electron chi connectivity index (χ0n) is 13.0. The van der Waals surface area contributed by atoms with E-state index in [-0.39, 0.29) is 11.8 Å². The number of aryl methyl sites for hydroxylation is 1. The first kappa shape index (κ1) is 16.5. The van der Waals surface area contributed by atoms with Crippen LogP contribution in [0.15, 0.2) is 24.3 Å². The summed E-state index contributed by atoms with van der Waals surface area (Å²) in [5.74, 6) is 0.995. The van der Waals surface area contributed by atoms with Crippen molar-refractivity contribution in [3.05, 3.63) is 29.8 Å². The lowest BCUT2D eigenvalue weighted by molar-refractivity contribution is -0.133. The summed E-state index contributed by atoms with van der Waals surface area (Å²) in [6, 6.07) is 7.93. The van der Waals surface area contributed by atoms with Crippen molar-refractivity contribution in [2.24, 2.45) is 5.92 Å². The van der Waals surface area contributed by atoms with Gasteiger partial charge in [-0.2, -0.15) is 0 Å². The van der Waals surface area contributed by atoms with Crippen molar-refractivity contribution < 1.29 is 9.53 Å². The van der Waals surface area contributed by atoms with E-state index in [1.54, 1.807) is 4.90 Å².